The third-order valence-corrected chi connectivity index (χ3v) is 3.24. The first-order chi connectivity index (χ1) is 6.77. The van der Waals surface area contributed by atoms with Crippen LogP contribution in [-0.4, -0.2) is 10.9 Å². The van der Waals surface area contributed by atoms with E-state index in [1.807, 2.05) is 0 Å². The van der Waals surface area contributed by atoms with Crippen LogP contribution in [-0.2, 0) is 0 Å². The van der Waals surface area contributed by atoms with Crippen LogP contribution in [0.4, 0.5) is 0 Å². The molecule has 0 bridgehead atoms. The molecule has 1 aliphatic rings. The average molecular weight is 208 g/mol. The second-order valence-corrected chi connectivity index (χ2v) is 4.24. The van der Waals surface area contributed by atoms with Gasteiger partial charge in [-0.05, 0) is 31.3 Å². The zero-order valence-electron chi connectivity index (χ0n) is 7.82. The van der Waals surface area contributed by atoms with Gasteiger partial charge in [0.15, 0.2) is 0 Å². The summed E-state index contributed by atoms with van der Waals surface area (Å²) < 4.78 is 0. The molecule has 14 heavy (non-hydrogen) atoms. The van der Waals surface area contributed by atoms with Crippen LogP contribution in [0.3, 0.4) is 0 Å². The molecule has 0 spiro atoms. The molecular weight excluding hydrogens is 196 g/mol. The van der Waals surface area contributed by atoms with E-state index in [1.165, 1.54) is 29.8 Å². The Kier molecular flexibility index (Phi) is 2.63. The monoisotopic (exact) mass is 208 g/mol. The van der Waals surface area contributed by atoms with Crippen LogP contribution in [0.2, 0.25) is 0 Å². The van der Waals surface area contributed by atoms with Crippen molar-refractivity contribution in [3.63, 3.8) is 0 Å². The highest BCUT2D eigenvalue weighted by Gasteiger charge is 2.12. The van der Waals surface area contributed by atoms with Gasteiger partial charge in [0.25, 0.3) is 5.91 Å². The maximum Gasteiger partial charge on any atom is 0.268 e. The molecule has 2 rings (SSSR count). The van der Waals surface area contributed by atoms with Gasteiger partial charge in [0.1, 0.15) is 10.7 Å². The first kappa shape index (κ1) is 9.40. The zero-order valence-corrected chi connectivity index (χ0v) is 8.64. The summed E-state index contributed by atoms with van der Waals surface area (Å²) in [5.41, 5.74) is 6.80. The van der Waals surface area contributed by atoms with Gasteiger partial charge in [0, 0.05) is 5.38 Å². The molecule has 0 aliphatic heterocycles. The fourth-order valence-corrected chi connectivity index (χ4v) is 2.45. The molecule has 3 nitrogen and oxygen atoms in total. The third kappa shape index (κ3) is 1.85. The Morgan fingerprint density at radius 3 is 2.93 bits per heavy atom. The Labute approximate surface area is 86.7 Å². The summed E-state index contributed by atoms with van der Waals surface area (Å²) in [5, 5.41) is 2.69. The molecule has 4 heteroatoms. The minimum absolute atomic E-state index is 0.386. The van der Waals surface area contributed by atoms with Crippen LogP contribution in [0.5, 0.6) is 0 Å². The van der Waals surface area contributed by atoms with Crippen molar-refractivity contribution in [1.82, 2.24) is 4.98 Å². The molecule has 0 radical (unpaired) electrons. The Morgan fingerprint density at radius 2 is 2.36 bits per heavy atom. The smallest absolute Gasteiger partial charge is 0.268 e. The van der Waals surface area contributed by atoms with Gasteiger partial charge in [-0.2, -0.15) is 0 Å². The summed E-state index contributed by atoms with van der Waals surface area (Å²) >= 11 is 1.50. The first-order valence-electron chi connectivity index (χ1n) is 4.72. The predicted octanol–water partition coefficient (Wildman–Crippen LogP) is 2.20. The molecule has 0 aromatic carbocycles. The summed E-state index contributed by atoms with van der Waals surface area (Å²) in [5.74, 6) is -0.441. The SMILES string of the molecule is NC(=O)c1csc(C2=CCCCC2)n1. The number of nitrogens with zero attached hydrogens (tertiary/aromatic N) is 1. The van der Waals surface area contributed by atoms with Crippen LogP contribution in [0, 0.1) is 0 Å². The molecule has 0 saturated carbocycles. The van der Waals surface area contributed by atoms with Crippen LogP contribution in [0.1, 0.15) is 41.2 Å². The Balaban J connectivity index is 2.23. The lowest BCUT2D eigenvalue weighted by atomic mass is 10.0. The van der Waals surface area contributed by atoms with Crippen molar-refractivity contribution in [1.29, 1.82) is 0 Å². The summed E-state index contributed by atoms with van der Waals surface area (Å²) in [6.07, 6.45) is 6.90. The Hall–Kier alpha value is -1.16. The Morgan fingerprint density at radius 1 is 1.50 bits per heavy atom. The lowest BCUT2D eigenvalue weighted by Gasteiger charge is -2.09. The number of thiazole rings is 1. The van der Waals surface area contributed by atoms with E-state index >= 15 is 0 Å². The minimum atomic E-state index is -0.441. The number of aromatic nitrogens is 1. The van der Waals surface area contributed by atoms with Gasteiger partial charge in [0.2, 0.25) is 0 Å². The number of carbonyl (C=O) groups excluding carboxylic acids is 1. The molecule has 1 heterocycles. The van der Waals surface area contributed by atoms with Crippen molar-refractivity contribution < 1.29 is 4.79 Å². The molecule has 1 aromatic heterocycles. The molecular formula is C10H12N2OS. The van der Waals surface area contributed by atoms with E-state index < -0.39 is 5.91 Å². The highest BCUT2D eigenvalue weighted by atomic mass is 32.1. The molecule has 0 atom stereocenters. The van der Waals surface area contributed by atoms with Crippen molar-refractivity contribution >= 4 is 22.8 Å². The van der Waals surface area contributed by atoms with Crippen LogP contribution >= 0.6 is 11.3 Å². The fraction of sp³-hybridized carbons (Fsp3) is 0.400. The molecule has 1 aliphatic carbocycles. The number of rotatable bonds is 2. The molecule has 1 amide bonds. The van der Waals surface area contributed by atoms with E-state index in [1.54, 1.807) is 5.38 Å². The van der Waals surface area contributed by atoms with Crippen molar-refractivity contribution in [2.45, 2.75) is 25.7 Å². The van der Waals surface area contributed by atoms with E-state index in [-0.39, 0.29) is 0 Å². The molecule has 0 saturated heterocycles. The lowest BCUT2D eigenvalue weighted by molar-refractivity contribution is 0.0996. The van der Waals surface area contributed by atoms with Crippen molar-refractivity contribution in [3.8, 4) is 0 Å². The summed E-state index contributed by atoms with van der Waals surface area (Å²) in [6.45, 7) is 0. The zero-order chi connectivity index (χ0) is 9.97. The van der Waals surface area contributed by atoms with E-state index in [0.29, 0.717) is 5.69 Å². The number of nitrogens with two attached hydrogens (primary N) is 1. The van der Waals surface area contributed by atoms with E-state index in [9.17, 15) is 4.79 Å². The first-order valence-corrected chi connectivity index (χ1v) is 5.60. The predicted molar refractivity (Wildman–Crippen MR) is 57.1 cm³/mol. The third-order valence-electron chi connectivity index (χ3n) is 2.32. The van der Waals surface area contributed by atoms with Crippen LogP contribution in [0.25, 0.3) is 5.57 Å². The van der Waals surface area contributed by atoms with E-state index in [4.69, 9.17) is 5.73 Å². The molecule has 74 valence electrons. The summed E-state index contributed by atoms with van der Waals surface area (Å²) in [7, 11) is 0. The van der Waals surface area contributed by atoms with E-state index in [2.05, 4.69) is 11.1 Å². The number of hydrogen-bond donors (Lipinski definition) is 1. The van der Waals surface area contributed by atoms with Gasteiger partial charge in [-0.3, -0.25) is 4.79 Å². The molecule has 2 N–H and O–H groups in total. The fourth-order valence-electron chi connectivity index (χ4n) is 1.57. The van der Waals surface area contributed by atoms with Gasteiger partial charge in [-0.15, -0.1) is 11.3 Å². The largest absolute Gasteiger partial charge is 0.364 e. The minimum Gasteiger partial charge on any atom is -0.364 e. The quantitative estimate of drug-likeness (QED) is 0.810. The normalized spacial score (nSPS) is 16.4. The van der Waals surface area contributed by atoms with Crippen molar-refractivity contribution in [3.05, 3.63) is 22.2 Å². The lowest BCUT2D eigenvalue weighted by Crippen LogP contribution is -2.11. The van der Waals surface area contributed by atoms with Gasteiger partial charge in [0.05, 0.1) is 0 Å². The number of carbonyl (C=O) groups is 1. The van der Waals surface area contributed by atoms with Gasteiger partial charge >= 0.3 is 0 Å². The molecule has 1 aromatic rings. The number of amides is 1. The maximum atomic E-state index is 10.8. The Bertz CT molecular complexity index is 381. The second kappa shape index (κ2) is 3.92. The van der Waals surface area contributed by atoms with Gasteiger partial charge < -0.3 is 5.73 Å². The van der Waals surface area contributed by atoms with Gasteiger partial charge in [-0.25, -0.2) is 4.98 Å². The summed E-state index contributed by atoms with van der Waals surface area (Å²) in [6, 6.07) is 0. The number of allylic oxidation sites excluding steroid dienone is 2. The second-order valence-electron chi connectivity index (χ2n) is 3.38. The summed E-state index contributed by atoms with van der Waals surface area (Å²) in [4.78, 5) is 15.1. The van der Waals surface area contributed by atoms with Gasteiger partial charge in [-0.1, -0.05) is 6.08 Å². The highest BCUT2D eigenvalue weighted by molar-refractivity contribution is 7.11. The molecule has 0 unspecified atom stereocenters. The number of hydrogen-bond acceptors (Lipinski definition) is 3. The van der Waals surface area contributed by atoms with E-state index in [0.717, 1.165) is 17.8 Å². The van der Waals surface area contributed by atoms with Crippen molar-refractivity contribution in [2.75, 3.05) is 0 Å². The average Bonchev–Trinajstić information content (AvgIpc) is 2.68. The standard InChI is InChI=1S/C10H12N2OS/c11-9(13)8-6-14-10(12-8)7-4-2-1-3-5-7/h4,6H,1-3,5H2,(H2,11,13). The van der Waals surface area contributed by atoms with Crippen molar-refractivity contribution in [2.24, 2.45) is 5.73 Å². The maximum absolute atomic E-state index is 10.8. The van der Waals surface area contributed by atoms with Crippen LogP contribution in [0.15, 0.2) is 11.5 Å². The van der Waals surface area contributed by atoms with Crippen LogP contribution < -0.4 is 5.73 Å². The number of primary amides is 1. The topological polar surface area (TPSA) is 56.0 Å². The highest BCUT2D eigenvalue weighted by Crippen LogP contribution is 2.28. The molecule has 0 fully saturated rings.